The molecule has 0 aliphatic rings. The molecular weight excluding hydrogens is 367 g/mol. The normalized spacial score (nSPS) is 13.5. The minimum atomic E-state index is -0.789. The molecule has 0 amide bonds. The van der Waals surface area contributed by atoms with E-state index in [4.69, 9.17) is 23.2 Å². The van der Waals surface area contributed by atoms with Crippen LogP contribution in [0.4, 0.5) is 0 Å². The van der Waals surface area contributed by atoms with Gasteiger partial charge in [0, 0.05) is 16.0 Å². The number of aliphatic carboxylic acids is 1. The van der Waals surface area contributed by atoms with Crippen LogP contribution in [-0.4, -0.2) is 11.1 Å². The molecule has 2 rings (SSSR count). The van der Waals surface area contributed by atoms with Gasteiger partial charge in [0.05, 0.1) is 5.92 Å². The van der Waals surface area contributed by atoms with Crippen LogP contribution >= 0.6 is 23.2 Å². The van der Waals surface area contributed by atoms with E-state index >= 15 is 0 Å². The minimum Gasteiger partial charge on any atom is -0.481 e. The number of halogens is 2. The first kappa shape index (κ1) is 20.8. The van der Waals surface area contributed by atoms with Crippen molar-refractivity contribution in [2.75, 3.05) is 0 Å². The molecule has 0 aliphatic carbocycles. The molecule has 0 fully saturated rings. The highest BCUT2D eigenvalue weighted by Crippen LogP contribution is 2.40. The first-order valence-electron chi connectivity index (χ1n) is 9.02. The summed E-state index contributed by atoms with van der Waals surface area (Å²) in [6, 6.07) is 10.0. The quantitative estimate of drug-likeness (QED) is 0.561. The van der Waals surface area contributed by atoms with Crippen LogP contribution in [-0.2, 0) is 11.2 Å². The minimum absolute atomic E-state index is 0.0766. The average molecular weight is 393 g/mol. The first-order chi connectivity index (χ1) is 12.2. The smallest absolute Gasteiger partial charge is 0.306 e. The summed E-state index contributed by atoms with van der Waals surface area (Å²) in [5.41, 5.74) is 5.56. The fourth-order valence-corrected chi connectivity index (χ4v) is 4.16. The molecule has 0 heterocycles. The van der Waals surface area contributed by atoms with E-state index in [0.29, 0.717) is 16.5 Å². The van der Waals surface area contributed by atoms with Gasteiger partial charge < -0.3 is 5.11 Å². The number of rotatable bonds is 7. The lowest BCUT2D eigenvalue weighted by molar-refractivity contribution is -0.141. The molecule has 2 atom stereocenters. The highest BCUT2D eigenvalue weighted by molar-refractivity contribution is 6.35. The Kier molecular flexibility index (Phi) is 7.14. The first-order valence-corrected chi connectivity index (χ1v) is 9.77. The number of carboxylic acids is 1. The summed E-state index contributed by atoms with van der Waals surface area (Å²) in [6.07, 6.45) is 2.33. The van der Waals surface area contributed by atoms with E-state index in [1.165, 1.54) is 0 Å². The van der Waals surface area contributed by atoms with Gasteiger partial charge >= 0.3 is 5.97 Å². The molecule has 26 heavy (non-hydrogen) atoms. The van der Waals surface area contributed by atoms with Crippen LogP contribution in [0.5, 0.6) is 0 Å². The van der Waals surface area contributed by atoms with Crippen molar-refractivity contribution in [3.8, 4) is 0 Å². The number of carbonyl (C=O) groups is 1. The van der Waals surface area contributed by atoms with Gasteiger partial charge in [0.25, 0.3) is 0 Å². The number of hydrogen-bond donors (Lipinski definition) is 1. The second kappa shape index (κ2) is 8.92. The van der Waals surface area contributed by atoms with Crippen molar-refractivity contribution in [2.45, 2.75) is 52.9 Å². The molecule has 0 aliphatic heterocycles. The lowest BCUT2D eigenvalue weighted by Crippen LogP contribution is -2.17. The van der Waals surface area contributed by atoms with Gasteiger partial charge in [-0.15, -0.1) is 0 Å². The third kappa shape index (κ3) is 4.81. The summed E-state index contributed by atoms with van der Waals surface area (Å²) in [5, 5.41) is 10.7. The van der Waals surface area contributed by atoms with Crippen molar-refractivity contribution in [2.24, 2.45) is 5.92 Å². The molecule has 2 aromatic rings. The van der Waals surface area contributed by atoms with Crippen LogP contribution in [0.3, 0.4) is 0 Å². The van der Waals surface area contributed by atoms with E-state index in [9.17, 15) is 9.90 Å². The molecule has 2 nitrogen and oxygen atoms in total. The second-order valence-electron chi connectivity index (χ2n) is 7.10. The lowest BCUT2D eigenvalue weighted by atomic mass is 9.79. The summed E-state index contributed by atoms with van der Waals surface area (Å²) >= 11 is 12.9. The van der Waals surface area contributed by atoms with E-state index < -0.39 is 11.9 Å². The third-order valence-electron chi connectivity index (χ3n) is 4.87. The summed E-state index contributed by atoms with van der Waals surface area (Å²) < 4.78 is 0. The zero-order valence-corrected chi connectivity index (χ0v) is 17.3. The highest BCUT2D eigenvalue weighted by Gasteiger charge is 2.27. The topological polar surface area (TPSA) is 37.3 Å². The van der Waals surface area contributed by atoms with Gasteiger partial charge in [-0.2, -0.15) is 0 Å². The SMILES string of the molecule is CCCc1cc(Cl)cc(Cl)c1C(CC(C)C(=O)O)c1cc(C)ccc1C. The van der Waals surface area contributed by atoms with Crippen LogP contribution in [0, 0.1) is 19.8 Å². The van der Waals surface area contributed by atoms with Crippen molar-refractivity contribution in [3.63, 3.8) is 0 Å². The molecule has 0 aromatic heterocycles. The van der Waals surface area contributed by atoms with Gasteiger partial charge in [-0.25, -0.2) is 0 Å². The van der Waals surface area contributed by atoms with Gasteiger partial charge in [0.2, 0.25) is 0 Å². The Morgan fingerprint density at radius 2 is 1.85 bits per heavy atom. The van der Waals surface area contributed by atoms with Gasteiger partial charge in [0.1, 0.15) is 0 Å². The van der Waals surface area contributed by atoms with Crippen molar-refractivity contribution in [1.82, 2.24) is 0 Å². The van der Waals surface area contributed by atoms with Gasteiger partial charge in [0.15, 0.2) is 0 Å². The molecule has 1 N–H and O–H groups in total. The van der Waals surface area contributed by atoms with Crippen molar-refractivity contribution in [3.05, 3.63) is 68.2 Å². The Hall–Kier alpha value is -1.51. The largest absolute Gasteiger partial charge is 0.481 e. The number of hydrogen-bond acceptors (Lipinski definition) is 1. The Balaban J connectivity index is 2.68. The molecule has 0 saturated carbocycles. The van der Waals surface area contributed by atoms with Gasteiger partial charge in [-0.05, 0) is 61.1 Å². The van der Waals surface area contributed by atoms with Crippen molar-refractivity contribution >= 4 is 29.2 Å². The number of carboxylic acid groups (broad SMARTS) is 1. The molecule has 0 saturated heterocycles. The van der Waals surface area contributed by atoms with E-state index in [2.05, 4.69) is 39.0 Å². The monoisotopic (exact) mass is 392 g/mol. The number of aryl methyl sites for hydroxylation is 3. The second-order valence-corrected chi connectivity index (χ2v) is 7.94. The maximum absolute atomic E-state index is 11.5. The maximum atomic E-state index is 11.5. The van der Waals surface area contributed by atoms with Crippen LogP contribution in [0.1, 0.15) is 60.4 Å². The predicted molar refractivity (Wildman–Crippen MR) is 110 cm³/mol. The number of benzene rings is 2. The van der Waals surface area contributed by atoms with E-state index in [1.54, 1.807) is 13.0 Å². The summed E-state index contributed by atoms with van der Waals surface area (Å²) in [6.45, 7) is 7.99. The highest BCUT2D eigenvalue weighted by atomic mass is 35.5. The van der Waals surface area contributed by atoms with E-state index in [1.807, 2.05) is 6.07 Å². The van der Waals surface area contributed by atoms with Gasteiger partial charge in [-0.1, -0.05) is 67.2 Å². The molecule has 2 unspecified atom stereocenters. The molecule has 2 aromatic carbocycles. The lowest BCUT2D eigenvalue weighted by Gasteiger charge is -2.26. The fourth-order valence-electron chi connectivity index (χ4n) is 3.49. The van der Waals surface area contributed by atoms with Crippen LogP contribution in [0.15, 0.2) is 30.3 Å². The Bertz CT molecular complexity index is 799. The van der Waals surface area contributed by atoms with Crippen LogP contribution < -0.4 is 0 Å². The molecule has 0 spiro atoms. The Morgan fingerprint density at radius 3 is 2.46 bits per heavy atom. The van der Waals surface area contributed by atoms with Crippen LogP contribution in [0.2, 0.25) is 10.0 Å². The summed E-state index contributed by atoms with van der Waals surface area (Å²) in [7, 11) is 0. The molecule has 140 valence electrons. The van der Waals surface area contributed by atoms with E-state index in [0.717, 1.165) is 40.7 Å². The molecule has 4 heteroatoms. The summed E-state index contributed by atoms with van der Waals surface area (Å²) in [5.74, 6) is -1.34. The maximum Gasteiger partial charge on any atom is 0.306 e. The fraction of sp³-hybridized carbons (Fsp3) is 0.409. The summed E-state index contributed by atoms with van der Waals surface area (Å²) in [4.78, 5) is 11.5. The Morgan fingerprint density at radius 1 is 1.15 bits per heavy atom. The average Bonchev–Trinajstić information content (AvgIpc) is 2.55. The standard InChI is InChI=1S/C22H26Cl2O2/c1-5-6-16-11-17(23)12-20(24)21(16)19(10-15(4)22(25)26)18-9-13(2)7-8-14(18)3/h7-9,11-12,15,19H,5-6,10H2,1-4H3,(H,25,26). The van der Waals surface area contributed by atoms with Gasteiger partial charge in [-0.3, -0.25) is 4.79 Å². The zero-order chi connectivity index (χ0) is 19.4. The van der Waals surface area contributed by atoms with Crippen molar-refractivity contribution in [1.29, 1.82) is 0 Å². The molecular formula is C22H26Cl2O2. The predicted octanol–water partition coefficient (Wildman–Crippen LogP) is 6.81. The van der Waals surface area contributed by atoms with Crippen LogP contribution in [0.25, 0.3) is 0 Å². The molecule has 0 radical (unpaired) electrons. The van der Waals surface area contributed by atoms with Crippen molar-refractivity contribution < 1.29 is 9.90 Å². The third-order valence-corrected chi connectivity index (χ3v) is 5.40. The Labute approximate surface area is 166 Å². The molecule has 0 bridgehead atoms. The zero-order valence-electron chi connectivity index (χ0n) is 15.8. The van der Waals surface area contributed by atoms with E-state index in [-0.39, 0.29) is 5.92 Å².